The summed E-state index contributed by atoms with van der Waals surface area (Å²) < 4.78 is 8.38. The fourth-order valence-corrected chi connectivity index (χ4v) is 2.19. The van der Waals surface area contributed by atoms with Crippen molar-refractivity contribution in [2.75, 3.05) is 6.54 Å². The van der Waals surface area contributed by atoms with E-state index in [9.17, 15) is 14.7 Å². The predicted octanol–water partition coefficient (Wildman–Crippen LogP) is 0.529. The molecule has 0 aliphatic carbocycles. The van der Waals surface area contributed by atoms with Crippen molar-refractivity contribution >= 4 is 12.1 Å². The van der Waals surface area contributed by atoms with Crippen molar-refractivity contribution in [3.05, 3.63) is 23.0 Å². The largest absolute Gasteiger partial charge is 0.476 e. The molecule has 0 fully saturated rings. The van der Waals surface area contributed by atoms with Crippen molar-refractivity contribution in [1.29, 1.82) is 0 Å². The first-order valence-corrected chi connectivity index (χ1v) is 8.06. The topological polar surface area (TPSA) is 137 Å². The van der Waals surface area contributed by atoms with Crippen molar-refractivity contribution in [3.8, 4) is 0 Å². The van der Waals surface area contributed by atoms with Gasteiger partial charge in [0.2, 0.25) is 0 Å². The Morgan fingerprint density at radius 2 is 1.92 bits per heavy atom. The molecule has 0 saturated carbocycles. The molecule has 2 aromatic rings. The number of carbonyl (C=O) groups excluding carboxylic acids is 1. The van der Waals surface area contributed by atoms with Crippen LogP contribution in [0, 0.1) is 6.92 Å². The molecule has 0 saturated heterocycles. The molecule has 2 N–H and O–H groups in total. The summed E-state index contributed by atoms with van der Waals surface area (Å²) in [7, 11) is 1.81. The zero-order valence-corrected chi connectivity index (χ0v) is 15.5. The van der Waals surface area contributed by atoms with Crippen LogP contribution in [0.5, 0.6) is 0 Å². The SMILES string of the molecule is Cc1nnc(Cn2nnc(C(=O)O)c2CCNC(=O)OC(C)(C)C)n1C. The molecule has 11 nitrogen and oxygen atoms in total. The summed E-state index contributed by atoms with van der Waals surface area (Å²) in [4.78, 5) is 23.1. The molecule has 26 heavy (non-hydrogen) atoms. The predicted molar refractivity (Wildman–Crippen MR) is 89.8 cm³/mol. The fourth-order valence-electron chi connectivity index (χ4n) is 2.19. The number of nitrogens with one attached hydrogen (secondary N) is 1. The minimum atomic E-state index is -1.18. The number of carboxylic acid groups (broad SMARTS) is 1. The first-order valence-electron chi connectivity index (χ1n) is 8.06. The molecule has 0 aliphatic heterocycles. The zero-order valence-electron chi connectivity index (χ0n) is 15.5. The number of hydrogen-bond acceptors (Lipinski definition) is 7. The number of ether oxygens (including phenoxy) is 1. The van der Waals surface area contributed by atoms with Gasteiger partial charge in [-0.2, -0.15) is 0 Å². The molecular formula is C15H23N7O4. The Morgan fingerprint density at radius 3 is 2.46 bits per heavy atom. The van der Waals surface area contributed by atoms with Crippen LogP contribution in [0.15, 0.2) is 0 Å². The highest BCUT2D eigenvalue weighted by Gasteiger charge is 2.21. The van der Waals surface area contributed by atoms with Gasteiger partial charge in [-0.25, -0.2) is 14.3 Å². The van der Waals surface area contributed by atoms with E-state index in [2.05, 4.69) is 25.8 Å². The highest BCUT2D eigenvalue weighted by molar-refractivity contribution is 5.86. The average Bonchev–Trinajstić information content (AvgIpc) is 3.04. The number of carboxylic acids is 1. The molecule has 0 atom stereocenters. The number of aromatic carboxylic acids is 1. The summed E-state index contributed by atoms with van der Waals surface area (Å²) in [5, 5.41) is 27.5. The van der Waals surface area contributed by atoms with Gasteiger partial charge in [0.1, 0.15) is 18.0 Å². The van der Waals surface area contributed by atoms with Gasteiger partial charge in [-0.3, -0.25) is 0 Å². The number of rotatable bonds is 6. The summed E-state index contributed by atoms with van der Waals surface area (Å²) in [6.45, 7) is 7.50. The molecule has 2 heterocycles. The maximum Gasteiger partial charge on any atom is 0.407 e. The van der Waals surface area contributed by atoms with Gasteiger partial charge in [0, 0.05) is 20.0 Å². The van der Waals surface area contributed by atoms with Gasteiger partial charge in [-0.05, 0) is 27.7 Å². The van der Waals surface area contributed by atoms with E-state index in [4.69, 9.17) is 4.74 Å². The summed E-state index contributed by atoms with van der Waals surface area (Å²) in [5.41, 5.74) is -0.382. The molecule has 0 radical (unpaired) electrons. The standard InChI is InChI=1S/C15H23N7O4/c1-9-17-18-11(21(9)5)8-22-10(12(13(23)24)19-20-22)6-7-16-14(25)26-15(2,3)4/h6-8H2,1-5H3,(H,16,25)(H,23,24). The van der Waals surface area contributed by atoms with E-state index in [1.54, 1.807) is 25.3 Å². The lowest BCUT2D eigenvalue weighted by molar-refractivity contribution is 0.0528. The molecule has 1 amide bonds. The Morgan fingerprint density at radius 1 is 1.23 bits per heavy atom. The Hall–Kier alpha value is -2.98. The molecule has 142 valence electrons. The molecule has 0 aliphatic rings. The maximum atomic E-state index is 11.7. The highest BCUT2D eigenvalue weighted by atomic mass is 16.6. The number of carbonyl (C=O) groups is 2. The van der Waals surface area contributed by atoms with Crippen LogP contribution >= 0.6 is 0 Å². The third-order valence-corrected chi connectivity index (χ3v) is 3.54. The number of aromatic nitrogens is 6. The van der Waals surface area contributed by atoms with Gasteiger partial charge in [-0.1, -0.05) is 5.21 Å². The van der Waals surface area contributed by atoms with E-state index in [1.807, 2.05) is 14.0 Å². The normalized spacial score (nSPS) is 11.4. The van der Waals surface area contributed by atoms with Gasteiger partial charge in [-0.15, -0.1) is 15.3 Å². The van der Waals surface area contributed by atoms with Crippen molar-refractivity contribution < 1.29 is 19.4 Å². The van der Waals surface area contributed by atoms with Crippen LogP contribution in [-0.2, 0) is 24.8 Å². The van der Waals surface area contributed by atoms with E-state index in [1.165, 1.54) is 4.68 Å². The molecule has 0 aromatic carbocycles. The lowest BCUT2D eigenvalue weighted by Gasteiger charge is -2.19. The second-order valence-corrected chi connectivity index (χ2v) is 6.75. The number of alkyl carbamates (subject to hydrolysis) is 1. The quantitative estimate of drug-likeness (QED) is 0.756. The third-order valence-electron chi connectivity index (χ3n) is 3.54. The molecule has 0 bridgehead atoms. The van der Waals surface area contributed by atoms with E-state index in [0.29, 0.717) is 11.5 Å². The van der Waals surface area contributed by atoms with Crippen LogP contribution in [0.1, 0.15) is 48.6 Å². The summed E-state index contributed by atoms with van der Waals surface area (Å²) in [5.74, 6) is 0.162. The average molecular weight is 365 g/mol. The first-order chi connectivity index (χ1) is 12.1. The maximum absolute atomic E-state index is 11.7. The van der Waals surface area contributed by atoms with Crippen LogP contribution in [-0.4, -0.2) is 59.1 Å². The van der Waals surface area contributed by atoms with Crippen LogP contribution < -0.4 is 5.32 Å². The van der Waals surface area contributed by atoms with Gasteiger partial charge >= 0.3 is 12.1 Å². The van der Waals surface area contributed by atoms with Crippen molar-refractivity contribution in [2.45, 2.75) is 46.3 Å². The van der Waals surface area contributed by atoms with E-state index < -0.39 is 17.7 Å². The van der Waals surface area contributed by atoms with Crippen LogP contribution in [0.25, 0.3) is 0 Å². The third kappa shape index (κ3) is 4.77. The van der Waals surface area contributed by atoms with Gasteiger partial charge in [0.05, 0.1) is 5.69 Å². The van der Waals surface area contributed by atoms with Crippen molar-refractivity contribution in [1.82, 2.24) is 35.1 Å². The molecule has 2 rings (SSSR count). The lowest BCUT2D eigenvalue weighted by Crippen LogP contribution is -2.34. The number of aryl methyl sites for hydroxylation is 1. The second-order valence-electron chi connectivity index (χ2n) is 6.75. The van der Waals surface area contributed by atoms with E-state index >= 15 is 0 Å². The van der Waals surface area contributed by atoms with Crippen LogP contribution in [0.4, 0.5) is 4.79 Å². The van der Waals surface area contributed by atoms with Crippen molar-refractivity contribution in [3.63, 3.8) is 0 Å². The van der Waals surface area contributed by atoms with Gasteiger partial charge in [0.25, 0.3) is 0 Å². The van der Waals surface area contributed by atoms with Crippen LogP contribution in [0.2, 0.25) is 0 Å². The summed E-state index contributed by atoms with van der Waals surface area (Å²) in [6, 6.07) is 0. The zero-order chi connectivity index (χ0) is 19.5. The van der Waals surface area contributed by atoms with Gasteiger partial charge in [0.15, 0.2) is 11.5 Å². The van der Waals surface area contributed by atoms with Crippen LogP contribution in [0.3, 0.4) is 0 Å². The summed E-state index contributed by atoms with van der Waals surface area (Å²) >= 11 is 0. The Labute approximate surface area is 150 Å². The number of amides is 1. The molecular weight excluding hydrogens is 342 g/mol. The summed E-state index contributed by atoms with van der Waals surface area (Å²) in [6.07, 6.45) is -0.345. The van der Waals surface area contributed by atoms with Crippen molar-refractivity contribution in [2.24, 2.45) is 7.05 Å². The molecule has 0 spiro atoms. The Bertz CT molecular complexity index is 804. The Kier molecular flexibility index (Phi) is 5.58. The second kappa shape index (κ2) is 7.50. The minimum Gasteiger partial charge on any atom is -0.476 e. The highest BCUT2D eigenvalue weighted by Crippen LogP contribution is 2.10. The fraction of sp³-hybridized carbons (Fsp3) is 0.600. The molecule has 2 aromatic heterocycles. The van der Waals surface area contributed by atoms with E-state index in [0.717, 1.165) is 5.82 Å². The number of hydrogen-bond donors (Lipinski definition) is 2. The lowest BCUT2D eigenvalue weighted by atomic mass is 10.2. The smallest absolute Gasteiger partial charge is 0.407 e. The van der Waals surface area contributed by atoms with E-state index in [-0.39, 0.29) is 25.2 Å². The first kappa shape index (κ1) is 19.3. The monoisotopic (exact) mass is 365 g/mol. The minimum absolute atomic E-state index is 0.158. The number of nitrogens with zero attached hydrogens (tertiary/aromatic N) is 6. The molecule has 11 heteroatoms. The Balaban J connectivity index is 2.10. The molecule has 0 unspecified atom stereocenters. The van der Waals surface area contributed by atoms with Gasteiger partial charge < -0.3 is 19.7 Å².